The van der Waals surface area contributed by atoms with Crippen molar-refractivity contribution < 1.29 is 9.59 Å². The number of rotatable bonds is 8. The lowest BCUT2D eigenvalue weighted by atomic mass is 10.1. The van der Waals surface area contributed by atoms with Gasteiger partial charge in [-0.2, -0.15) is 0 Å². The quantitative estimate of drug-likeness (QED) is 0.216. The number of Topliss-reactive ketones (excluding diaryl/α,β-unsaturated/α-hetero) is 1. The predicted molar refractivity (Wildman–Crippen MR) is 142 cm³/mol. The lowest BCUT2D eigenvalue weighted by Gasteiger charge is -2.16. The maximum Gasteiger partial charge on any atom is 0.237 e. The van der Waals surface area contributed by atoms with Crippen molar-refractivity contribution in [3.8, 4) is 17.1 Å². The summed E-state index contributed by atoms with van der Waals surface area (Å²) in [5.74, 6) is 0.488. The van der Waals surface area contributed by atoms with Gasteiger partial charge in [0.1, 0.15) is 0 Å². The molecule has 0 bridgehead atoms. The highest BCUT2D eigenvalue weighted by atomic mass is 35.5. The molecule has 0 saturated heterocycles. The summed E-state index contributed by atoms with van der Waals surface area (Å²) in [4.78, 5) is 24.6. The first-order chi connectivity index (χ1) is 16.9. The molecule has 4 rings (SSSR count). The van der Waals surface area contributed by atoms with E-state index in [9.17, 15) is 9.59 Å². The summed E-state index contributed by atoms with van der Waals surface area (Å²) < 4.78 is 1.95. The number of anilines is 1. The number of halogens is 1. The Morgan fingerprint density at radius 2 is 1.74 bits per heavy atom. The highest BCUT2D eigenvalue weighted by Crippen LogP contribution is 2.33. The second-order valence-corrected chi connectivity index (χ2v) is 9.66. The molecule has 6 nitrogen and oxygen atoms in total. The number of nitrogens with one attached hydrogen (secondary N) is 1. The van der Waals surface area contributed by atoms with Crippen molar-refractivity contribution in [2.45, 2.75) is 37.6 Å². The SMILES string of the molecule is CCC(Sc1nnc(-c2ccc(C)c(Cl)c2)n1-c1ccccc1)C(=O)Nc1ccc(C(C)=O)cc1. The van der Waals surface area contributed by atoms with Gasteiger partial charge in [-0.15, -0.1) is 10.2 Å². The molecule has 35 heavy (non-hydrogen) atoms. The summed E-state index contributed by atoms with van der Waals surface area (Å²) in [5, 5.41) is 12.7. The van der Waals surface area contributed by atoms with E-state index in [1.54, 1.807) is 24.3 Å². The fourth-order valence-electron chi connectivity index (χ4n) is 3.54. The molecule has 0 saturated carbocycles. The van der Waals surface area contributed by atoms with Crippen LogP contribution in [0.4, 0.5) is 5.69 Å². The number of carbonyl (C=O) groups excluding carboxylic acids is 2. The molecule has 1 heterocycles. The zero-order chi connectivity index (χ0) is 24.9. The van der Waals surface area contributed by atoms with Gasteiger partial charge in [0.25, 0.3) is 0 Å². The third kappa shape index (κ3) is 5.63. The van der Waals surface area contributed by atoms with Crippen LogP contribution in [0.2, 0.25) is 5.02 Å². The fraction of sp³-hybridized carbons (Fsp3) is 0.185. The minimum Gasteiger partial charge on any atom is -0.325 e. The van der Waals surface area contributed by atoms with Crippen LogP contribution in [0, 0.1) is 6.92 Å². The van der Waals surface area contributed by atoms with Gasteiger partial charge in [0.15, 0.2) is 16.8 Å². The molecule has 1 aromatic heterocycles. The largest absolute Gasteiger partial charge is 0.325 e. The number of nitrogens with zero attached hydrogens (tertiary/aromatic N) is 3. The molecule has 3 aromatic carbocycles. The topological polar surface area (TPSA) is 76.9 Å². The molecule has 0 radical (unpaired) electrons. The number of aryl methyl sites for hydroxylation is 1. The summed E-state index contributed by atoms with van der Waals surface area (Å²) in [7, 11) is 0. The van der Waals surface area contributed by atoms with E-state index >= 15 is 0 Å². The molecule has 0 aliphatic rings. The van der Waals surface area contributed by atoms with Gasteiger partial charge in [0.05, 0.1) is 5.25 Å². The van der Waals surface area contributed by atoms with E-state index in [1.807, 2.05) is 66.9 Å². The van der Waals surface area contributed by atoms with Gasteiger partial charge in [0.2, 0.25) is 5.91 Å². The monoisotopic (exact) mass is 504 g/mol. The van der Waals surface area contributed by atoms with Gasteiger partial charge in [0, 0.05) is 27.5 Å². The van der Waals surface area contributed by atoms with Crippen LogP contribution in [0.15, 0.2) is 78.0 Å². The Morgan fingerprint density at radius 3 is 2.37 bits per heavy atom. The van der Waals surface area contributed by atoms with Crippen LogP contribution >= 0.6 is 23.4 Å². The third-order valence-corrected chi connectivity index (χ3v) is 7.26. The molecule has 178 valence electrons. The summed E-state index contributed by atoms with van der Waals surface area (Å²) in [5.41, 5.74) is 3.95. The first kappa shape index (κ1) is 24.7. The Morgan fingerprint density at radius 1 is 1.03 bits per heavy atom. The number of hydrogen-bond acceptors (Lipinski definition) is 5. The lowest BCUT2D eigenvalue weighted by molar-refractivity contribution is -0.115. The van der Waals surface area contributed by atoms with Crippen molar-refractivity contribution in [1.82, 2.24) is 14.8 Å². The van der Waals surface area contributed by atoms with Crippen LogP contribution in [0.1, 0.15) is 36.2 Å². The maximum absolute atomic E-state index is 13.1. The standard InChI is InChI=1S/C27H25ClN4O2S/c1-4-24(26(34)29-21-14-12-19(13-15-21)18(3)33)35-27-31-30-25(20-11-10-17(2)23(28)16-20)32(27)22-8-6-5-7-9-22/h5-16,24H,4H2,1-3H3,(H,29,34). The first-order valence-corrected chi connectivity index (χ1v) is 12.5. The van der Waals surface area contributed by atoms with Gasteiger partial charge >= 0.3 is 0 Å². The van der Waals surface area contributed by atoms with Gasteiger partial charge in [-0.25, -0.2) is 0 Å². The molecule has 1 unspecified atom stereocenters. The molecular weight excluding hydrogens is 480 g/mol. The van der Waals surface area contributed by atoms with Crippen molar-refractivity contribution in [3.63, 3.8) is 0 Å². The van der Waals surface area contributed by atoms with Crippen molar-refractivity contribution in [1.29, 1.82) is 0 Å². The molecular formula is C27H25ClN4O2S. The van der Waals surface area contributed by atoms with Crippen molar-refractivity contribution in [2.24, 2.45) is 0 Å². The highest BCUT2D eigenvalue weighted by Gasteiger charge is 2.24. The molecule has 0 fully saturated rings. The smallest absolute Gasteiger partial charge is 0.237 e. The van der Waals surface area contributed by atoms with E-state index < -0.39 is 5.25 Å². The first-order valence-electron chi connectivity index (χ1n) is 11.2. The maximum atomic E-state index is 13.1. The Balaban J connectivity index is 1.64. The van der Waals surface area contributed by atoms with E-state index in [1.165, 1.54) is 18.7 Å². The van der Waals surface area contributed by atoms with E-state index in [2.05, 4.69) is 15.5 Å². The van der Waals surface area contributed by atoms with Gasteiger partial charge in [-0.3, -0.25) is 14.2 Å². The average molecular weight is 505 g/mol. The second kappa shape index (κ2) is 10.9. The zero-order valence-electron chi connectivity index (χ0n) is 19.7. The van der Waals surface area contributed by atoms with E-state index in [-0.39, 0.29) is 11.7 Å². The van der Waals surface area contributed by atoms with E-state index in [0.29, 0.717) is 33.7 Å². The molecule has 0 spiro atoms. The second-order valence-electron chi connectivity index (χ2n) is 8.08. The number of amides is 1. The number of carbonyl (C=O) groups is 2. The third-order valence-electron chi connectivity index (χ3n) is 5.55. The fourth-order valence-corrected chi connectivity index (χ4v) is 4.69. The summed E-state index contributed by atoms with van der Waals surface area (Å²) in [6, 6.07) is 22.5. The van der Waals surface area contributed by atoms with Gasteiger partial charge in [-0.1, -0.05) is 60.6 Å². The number of benzene rings is 3. The van der Waals surface area contributed by atoms with Gasteiger partial charge < -0.3 is 5.32 Å². The average Bonchev–Trinajstić information content (AvgIpc) is 3.28. The van der Waals surface area contributed by atoms with Gasteiger partial charge in [-0.05, 0) is 68.3 Å². The van der Waals surface area contributed by atoms with Crippen LogP contribution in [-0.2, 0) is 4.79 Å². The molecule has 0 aliphatic heterocycles. The Bertz CT molecular complexity index is 1350. The number of para-hydroxylation sites is 1. The summed E-state index contributed by atoms with van der Waals surface area (Å²) in [6.07, 6.45) is 0.593. The molecule has 1 N–H and O–H groups in total. The minimum atomic E-state index is -0.399. The van der Waals surface area contributed by atoms with Crippen molar-refractivity contribution in [2.75, 3.05) is 5.32 Å². The lowest BCUT2D eigenvalue weighted by Crippen LogP contribution is -2.25. The number of aromatic nitrogens is 3. The molecule has 1 amide bonds. The normalized spacial score (nSPS) is 11.8. The van der Waals surface area contributed by atoms with E-state index in [0.717, 1.165) is 16.8 Å². The molecule has 0 aliphatic carbocycles. The zero-order valence-corrected chi connectivity index (χ0v) is 21.2. The number of ketones is 1. The van der Waals surface area contributed by atoms with Crippen LogP contribution in [0.25, 0.3) is 17.1 Å². The van der Waals surface area contributed by atoms with Crippen LogP contribution in [-0.4, -0.2) is 31.7 Å². The van der Waals surface area contributed by atoms with E-state index in [4.69, 9.17) is 11.6 Å². The number of thioether (sulfide) groups is 1. The highest BCUT2D eigenvalue weighted by molar-refractivity contribution is 8.00. The minimum absolute atomic E-state index is 0.0178. The van der Waals surface area contributed by atoms with Crippen LogP contribution < -0.4 is 5.32 Å². The molecule has 4 aromatic rings. The number of hydrogen-bond donors (Lipinski definition) is 1. The molecule has 1 atom stereocenters. The van der Waals surface area contributed by atoms with Crippen molar-refractivity contribution >= 4 is 40.7 Å². The summed E-state index contributed by atoms with van der Waals surface area (Å²) >= 11 is 7.75. The Hall–Kier alpha value is -3.42. The van der Waals surface area contributed by atoms with Crippen LogP contribution in [0.3, 0.4) is 0 Å². The van der Waals surface area contributed by atoms with Crippen LogP contribution in [0.5, 0.6) is 0 Å². The Kier molecular flexibility index (Phi) is 7.68. The Labute approximate surface area is 213 Å². The van der Waals surface area contributed by atoms with Crippen molar-refractivity contribution in [3.05, 3.63) is 88.9 Å². The summed E-state index contributed by atoms with van der Waals surface area (Å²) in [6.45, 7) is 5.42. The molecule has 8 heteroatoms. The predicted octanol–water partition coefficient (Wildman–Crippen LogP) is 6.61.